The number of nitrogens with one attached hydrogen (secondary N) is 1. The molecule has 0 fully saturated rings. The number of ether oxygens (including phenoxy) is 1. The van der Waals surface area contributed by atoms with Gasteiger partial charge < -0.3 is 10.1 Å². The van der Waals surface area contributed by atoms with Crippen LogP contribution in [0.4, 0.5) is 20.3 Å². The van der Waals surface area contributed by atoms with Gasteiger partial charge in [0.05, 0.1) is 5.69 Å². The number of hydrogen-bond donors (Lipinski definition) is 1. The Morgan fingerprint density at radius 2 is 2.00 bits per heavy atom. The molecule has 0 aliphatic carbocycles. The van der Waals surface area contributed by atoms with Crippen LogP contribution in [0.1, 0.15) is 5.82 Å². The molecule has 2 aromatic rings. The van der Waals surface area contributed by atoms with Crippen LogP contribution in [-0.2, 0) is 0 Å². The van der Waals surface area contributed by atoms with Crippen LogP contribution in [0.5, 0.6) is 5.75 Å². The summed E-state index contributed by atoms with van der Waals surface area (Å²) in [6.45, 7) is -1.14. The first-order valence-corrected chi connectivity index (χ1v) is 6.16. The first-order chi connectivity index (χ1) is 9.04. The van der Waals surface area contributed by atoms with Gasteiger partial charge >= 0.3 is 6.61 Å². The van der Waals surface area contributed by atoms with Gasteiger partial charge in [-0.05, 0) is 35.0 Å². The van der Waals surface area contributed by atoms with E-state index in [0.29, 0.717) is 21.9 Å². The summed E-state index contributed by atoms with van der Waals surface area (Å²) in [6.07, 6.45) is 0. The topological polar surface area (TPSA) is 47.0 Å². The molecule has 0 bridgehead atoms. The van der Waals surface area contributed by atoms with Gasteiger partial charge in [-0.2, -0.15) is 8.78 Å². The van der Waals surface area contributed by atoms with Crippen LogP contribution in [0.25, 0.3) is 0 Å². The van der Waals surface area contributed by atoms with E-state index in [1.165, 1.54) is 6.07 Å². The van der Waals surface area contributed by atoms with Gasteiger partial charge in [0.25, 0.3) is 0 Å². The monoisotopic (exact) mass is 329 g/mol. The molecule has 2 rings (SSSR count). The second kappa shape index (κ2) is 5.92. The Labute approximate surface area is 117 Å². The van der Waals surface area contributed by atoms with Crippen molar-refractivity contribution in [3.63, 3.8) is 0 Å². The molecule has 0 saturated heterocycles. The average molecular weight is 330 g/mol. The lowest BCUT2D eigenvalue weighted by Gasteiger charge is -2.12. The lowest BCUT2D eigenvalue weighted by atomic mass is 10.3. The second-order valence-corrected chi connectivity index (χ2v) is 4.44. The van der Waals surface area contributed by atoms with Crippen LogP contribution < -0.4 is 10.1 Å². The number of nitrogens with zero attached hydrogens (tertiary/aromatic N) is 2. The third kappa shape index (κ3) is 3.85. The van der Waals surface area contributed by atoms with Crippen LogP contribution in [-0.4, -0.2) is 16.6 Å². The minimum atomic E-state index is -2.87. The van der Waals surface area contributed by atoms with E-state index in [2.05, 4.69) is 36.0 Å². The summed E-state index contributed by atoms with van der Waals surface area (Å²) in [6, 6.07) is 8.06. The molecule has 100 valence electrons. The van der Waals surface area contributed by atoms with E-state index in [9.17, 15) is 8.78 Å². The zero-order chi connectivity index (χ0) is 13.8. The third-order valence-electron chi connectivity index (χ3n) is 2.17. The molecule has 1 aromatic carbocycles. The zero-order valence-corrected chi connectivity index (χ0v) is 11.5. The summed E-state index contributed by atoms with van der Waals surface area (Å²) in [7, 11) is 0. The van der Waals surface area contributed by atoms with Crippen LogP contribution in [0.15, 0.2) is 34.9 Å². The van der Waals surface area contributed by atoms with Crippen LogP contribution in [0.3, 0.4) is 0 Å². The van der Waals surface area contributed by atoms with Gasteiger partial charge in [0.1, 0.15) is 22.0 Å². The van der Waals surface area contributed by atoms with Crippen LogP contribution in [0, 0.1) is 6.92 Å². The van der Waals surface area contributed by atoms with E-state index in [1.54, 1.807) is 31.2 Å². The largest absolute Gasteiger partial charge is 0.433 e. The van der Waals surface area contributed by atoms with Gasteiger partial charge in [0.15, 0.2) is 0 Å². The summed E-state index contributed by atoms with van der Waals surface area (Å²) in [4.78, 5) is 8.22. The highest BCUT2D eigenvalue weighted by Crippen LogP contribution is 2.28. The molecule has 0 amide bonds. The summed E-state index contributed by atoms with van der Waals surface area (Å²) in [5.74, 6) is 1.11. The Bertz CT molecular complexity index is 560. The number of benzene rings is 1. The summed E-state index contributed by atoms with van der Waals surface area (Å²) < 4.78 is 29.6. The van der Waals surface area contributed by atoms with Gasteiger partial charge in [-0.15, -0.1) is 0 Å². The Balaban J connectivity index is 2.27. The maximum absolute atomic E-state index is 12.3. The maximum Gasteiger partial charge on any atom is 0.387 e. The molecular formula is C12H10BrF2N3O. The van der Waals surface area contributed by atoms with E-state index in [0.717, 1.165) is 0 Å². The number of aromatic nitrogens is 2. The maximum atomic E-state index is 12.3. The minimum absolute atomic E-state index is 0.0601. The Kier molecular flexibility index (Phi) is 4.26. The first kappa shape index (κ1) is 13.7. The number of rotatable bonds is 4. The molecule has 1 heterocycles. The second-order valence-electron chi connectivity index (χ2n) is 3.62. The van der Waals surface area contributed by atoms with E-state index in [4.69, 9.17) is 0 Å². The number of hydrogen-bond acceptors (Lipinski definition) is 4. The van der Waals surface area contributed by atoms with E-state index in [1.807, 2.05) is 0 Å². The van der Waals surface area contributed by atoms with Crippen molar-refractivity contribution in [1.82, 2.24) is 9.97 Å². The smallest absolute Gasteiger partial charge is 0.387 e. The summed E-state index contributed by atoms with van der Waals surface area (Å²) >= 11 is 3.24. The predicted molar refractivity (Wildman–Crippen MR) is 70.8 cm³/mol. The number of aryl methyl sites for hydroxylation is 1. The Morgan fingerprint density at radius 3 is 2.68 bits per heavy atom. The quantitative estimate of drug-likeness (QED) is 0.864. The van der Waals surface area contributed by atoms with Crippen molar-refractivity contribution in [3.05, 3.63) is 40.8 Å². The fraction of sp³-hybridized carbons (Fsp3) is 0.167. The fourth-order valence-electron chi connectivity index (χ4n) is 1.50. The lowest BCUT2D eigenvalue weighted by Crippen LogP contribution is -2.05. The van der Waals surface area contributed by atoms with Crippen molar-refractivity contribution in [2.24, 2.45) is 0 Å². The molecule has 0 spiro atoms. The molecule has 0 atom stereocenters. The number of anilines is 2. The van der Waals surface area contributed by atoms with Crippen molar-refractivity contribution < 1.29 is 13.5 Å². The molecule has 0 radical (unpaired) electrons. The van der Waals surface area contributed by atoms with Crippen molar-refractivity contribution in [2.75, 3.05) is 5.32 Å². The first-order valence-electron chi connectivity index (χ1n) is 5.36. The number of para-hydroxylation sites is 2. The lowest BCUT2D eigenvalue weighted by molar-refractivity contribution is -0.0493. The Hall–Kier alpha value is -1.76. The van der Waals surface area contributed by atoms with Crippen LogP contribution >= 0.6 is 15.9 Å². The molecule has 0 aliphatic heterocycles. The molecule has 1 N–H and O–H groups in total. The van der Waals surface area contributed by atoms with E-state index in [-0.39, 0.29) is 5.75 Å². The van der Waals surface area contributed by atoms with Crippen LogP contribution in [0.2, 0.25) is 0 Å². The predicted octanol–water partition coefficient (Wildman–Crippen LogP) is 3.89. The van der Waals surface area contributed by atoms with Crippen molar-refractivity contribution >= 4 is 27.4 Å². The minimum Gasteiger partial charge on any atom is -0.433 e. The molecule has 7 heteroatoms. The molecule has 0 saturated carbocycles. The standard InChI is InChI=1S/C12H10BrF2N3O/c1-7-16-10(13)6-11(17-7)18-8-4-2-3-5-9(8)19-12(14)15/h2-6,12H,1H3,(H,16,17,18). The van der Waals surface area contributed by atoms with Crippen molar-refractivity contribution in [3.8, 4) is 5.75 Å². The SMILES string of the molecule is Cc1nc(Br)cc(Nc2ccccc2OC(F)F)n1. The van der Waals surface area contributed by atoms with Gasteiger partial charge in [-0.25, -0.2) is 9.97 Å². The summed E-state index contributed by atoms with van der Waals surface area (Å²) in [5, 5.41) is 2.92. The molecule has 0 unspecified atom stereocenters. The van der Waals surface area contributed by atoms with Gasteiger partial charge in [-0.3, -0.25) is 0 Å². The molecule has 19 heavy (non-hydrogen) atoms. The zero-order valence-electron chi connectivity index (χ0n) is 9.90. The number of halogens is 3. The molecular weight excluding hydrogens is 320 g/mol. The molecule has 1 aromatic heterocycles. The van der Waals surface area contributed by atoms with Gasteiger partial charge in [-0.1, -0.05) is 12.1 Å². The average Bonchev–Trinajstić information content (AvgIpc) is 2.29. The van der Waals surface area contributed by atoms with Gasteiger partial charge in [0.2, 0.25) is 0 Å². The van der Waals surface area contributed by atoms with Crippen molar-refractivity contribution in [2.45, 2.75) is 13.5 Å². The molecule has 4 nitrogen and oxygen atoms in total. The third-order valence-corrected chi connectivity index (χ3v) is 2.58. The highest BCUT2D eigenvalue weighted by Gasteiger charge is 2.10. The van der Waals surface area contributed by atoms with Crippen molar-refractivity contribution in [1.29, 1.82) is 0 Å². The van der Waals surface area contributed by atoms with E-state index >= 15 is 0 Å². The summed E-state index contributed by atoms with van der Waals surface area (Å²) in [5.41, 5.74) is 0.410. The normalized spacial score (nSPS) is 10.6. The number of alkyl halides is 2. The Morgan fingerprint density at radius 1 is 1.26 bits per heavy atom. The highest BCUT2D eigenvalue weighted by molar-refractivity contribution is 9.10. The molecule has 0 aliphatic rings. The van der Waals surface area contributed by atoms with E-state index < -0.39 is 6.61 Å². The fourth-order valence-corrected chi connectivity index (χ4v) is 1.98. The highest BCUT2D eigenvalue weighted by atomic mass is 79.9. The van der Waals surface area contributed by atoms with Gasteiger partial charge in [0, 0.05) is 6.07 Å².